The van der Waals surface area contributed by atoms with E-state index in [1.54, 1.807) is 0 Å². The fraction of sp³-hybridized carbons (Fsp3) is 1.00. The molecule has 0 aromatic rings. The number of aliphatic hydroxyl groups is 8. The Morgan fingerprint density at radius 2 is 1.10 bits per heavy atom. The third-order valence-corrected chi connectivity index (χ3v) is 8.05. The summed E-state index contributed by atoms with van der Waals surface area (Å²) in [5.41, 5.74) is 0. The molecule has 0 amide bonds. The van der Waals surface area contributed by atoms with E-state index >= 15 is 0 Å². The number of hydrogen-bond donors (Lipinski definition) is 8. The van der Waals surface area contributed by atoms with Crippen LogP contribution in [0.1, 0.15) is 103 Å². The van der Waals surface area contributed by atoms with E-state index in [4.69, 9.17) is 14.2 Å². The summed E-state index contributed by atoms with van der Waals surface area (Å²) in [6.07, 6.45) is 2.40. The number of unbranched alkanes of at least 4 members (excludes halogenated alkanes) is 13. The predicted molar refractivity (Wildman–Crippen MR) is 142 cm³/mol. The van der Waals surface area contributed by atoms with Crippen molar-refractivity contribution in [3.8, 4) is 0 Å². The Bertz CT molecular complexity index is 637. The quantitative estimate of drug-likeness (QED) is 0.103. The van der Waals surface area contributed by atoms with Crippen LogP contribution in [0.4, 0.5) is 0 Å². The Morgan fingerprint density at radius 3 is 1.59 bits per heavy atom. The van der Waals surface area contributed by atoms with E-state index in [0.29, 0.717) is 6.42 Å². The SMILES string of the molecule is CCCCCCCCCCCCCCCCC1(O)O[C@H](CO)[C@@H](O[C@@H]2O[C@H](CO)[C@H](O)[C@H](O)[C@H]2O)[C@H](O)[C@H]1O. The van der Waals surface area contributed by atoms with Crippen LogP contribution >= 0.6 is 0 Å². The zero-order valence-electron chi connectivity index (χ0n) is 23.5. The van der Waals surface area contributed by atoms with Gasteiger partial charge in [0.1, 0.15) is 48.8 Å². The molecule has 11 heteroatoms. The van der Waals surface area contributed by atoms with Crippen molar-refractivity contribution in [3.63, 3.8) is 0 Å². The van der Waals surface area contributed by atoms with Gasteiger partial charge in [0.2, 0.25) is 0 Å². The molecule has 2 rings (SSSR count). The van der Waals surface area contributed by atoms with Crippen LogP contribution in [0.2, 0.25) is 0 Å². The molecule has 0 aromatic heterocycles. The van der Waals surface area contributed by atoms with Gasteiger partial charge in [-0.2, -0.15) is 0 Å². The van der Waals surface area contributed by atoms with Crippen molar-refractivity contribution in [2.75, 3.05) is 13.2 Å². The average molecular weight is 567 g/mol. The lowest BCUT2D eigenvalue weighted by molar-refractivity contribution is -0.384. The Balaban J connectivity index is 1.71. The van der Waals surface area contributed by atoms with Gasteiger partial charge in [-0.15, -0.1) is 0 Å². The van der Waals surface area contributed by atoms with Crippen molar-refractivity contribution < 1.29 is 55.1 Å². The summed E-state index contributed by atoms with van der Waals surface area (Å²) < 4.78 is 16.4. The molecule has 1 unspecified atom stereocenters. The Labute approximate surface area is 232 Å². The topological polar surface area (TPSA) is 190 Å². The molecule has 232 valence electrons. The van der Waals surface area contributed by atoms with Crippen molar-refractivity contribution >= 4 is 0 Å². The minimum absolute atomic E-state index is 0.0481. The monoisotopic (exact) mass is 566 g/mol. The summed E-state index contributed by atoms with van der Waals surface area (Å²) in [4.78, 5) is 0. The molecule has 2 fully saturated rings. The van der Waals surface area contributed by atoms with Crippen molar-refractivity contribution in [2.45, 2.75) is 164 Å². The van der Waals surface area contributed by atoms with Crippen LogP contribution < -0.4 is 0 Å². The summed E-state index contributed by atoms with van der Waals surface area (Å²) in [7, 11) is 0. The largest absolute Gasteiger partial charge is 0.394 e. The number of aliphatic hydroxyl groups excluding tert-OH is 7. The lowest BCUT2D eigenvalue weighted by Gasteiger charge is -2.49. The van der Waals surface area contributed by atoms with Crippen LogP contribution in [0.5, 0.6) is 0 Å². The fourth-order valence-corrected chi connectivity index (χ4v) is 5.49. The Kier molecular flexibility index (Phi) is 16.2. The first kappa shape index (κ1) is 34.8. The summed E-state index contributed by atoms with van der Waals surface area (Å²) in [6.45, 7) is 0.891. The van der Waals surface area contributed by atoms with Crippen LogP contribution in [-0.4, -0.2) is 115 Å². The lowest BCUT2D eigenvalue weighted by Crippen LogP contribution is -2.68. The third-order valence-electron chi connectivity index (χ3n) is 8.05. The van der Waals surface area contributed by atoms with Gasteiger partial charge in [0.15, 0.2) is 12.1 Å². The molecule has 0 bridgehead atoms. The Morgan fingerprint density at radius 1 is 0.615 bits per heavy atom. The van der Waals surface area contributed by atoms with Crippen LogP contribution in [0.25, 0.3) is 0 Å². The molecule has 39 heavy (non-hydrogen) atoms. The normalized spacial score (nSPS) is 37.3. The van der Waals surface area contributed by atoms with Gasteiger partial charge < -0.3 is 55.1 Å². The van der Waals surface area contributed by atoms with E-state index in [0.717, 1.165) is 19.3 Å². The van der Waals surface area contributed by atoms with E-state index in [9.17, 15) is 40.9 Å². The molecule has 0 radical (unpaired) electrons. The van der Waals surface area contributed by atoms with Crippen molar-refractivity contribution in [3.05, 3.63) is 0 Å². The fourth-order valence-electron chi connectivity index (χ4n) is 5.49. The lowest BCUT2D eigenvalue weighted by atomic mass is 9.89. The highest BCUT2D eigenvalue weighted by atomic mass is 16.7. The molecule has 2 saturated heterocycles. The van der Waals surface area contributed by atoms with Crippen LogP contribution in [0, 0.1) is 0 Å². The van der Waals surface area contributed by atoms with E-state index in [1.807, 2.05) is 0 Å². The zero-order valence-corrected chi connectivity index (χ0v) is 23.5. The van der Waals surface area contributed by atoms with Crippen LogP contribution in [0.3, 0.4) is 0 Å². The first-order chi connectivity index (χ1) is 18.7. The summed E-state index contributed by atoms with van der Waals surface area (Å²) in [6, 6.07) is 0. The summed E-state index contributed by atoms with van der Waals surface area (Å²) in [5, 5.41) is 81.6. The van der Waals surface area contributed by atoms with E-state index in [-0.39, 0.29) is 6.42 Å². The number of ether oxygens (including phenoxy) is 3. The van der Waals surface area contributed by atoms with Gasteiger partial charge in [-0.1, -0.05) is 90.4 Å². The number of hydrogen-bond acceptors (Lipinski definition) is 11. The summed E-state index contributed by atoms with van der Waals surface area (Å²) >= 11 is 0. The van der Waals surface area contributed by atoms with Gasteiger partial charge >= 0.3 is 0 Å². The van der Waals surface area contributed by atoms with Gasteiger partial charge in [-0.25, -0.2) is 0 Å². The van der Waals surface area contributed by atoms with Crippen molar-refractivity contribution in [1.82, 2.24) is 0 Å². The van der Waals surface area contributed by atoms with Gasteiger partial charge in [0.25, 0.3) is 0 Å². The molecular formula is C28H54O11. The van der Waals surface area contributed by atoms with Gasteiger partial charge in [0, 0.05) is 6.42 Å². The first-order valence-corrected chi connectivity index (χ1v) is 15.0. The second-order valence-electron chi connectivity index (χ2n) is 11.3. The predicted octanol–water partition coefficient (Wildman–Crippen LogP) is 0.844. The third kappa shape index (κ3) is 10.4. The molecule has 11 nitrogen and oxygen atoms in total. The zero-order chi connectivity index (χ0) is 28.8. The molecule has 0 aromatic carbocycles. The average Bonchev–Trinajstić information content (AvgIpc) is 2.93. The minimum atomic E-state index is -2.10. The smallest absolute Gasteiger partial charge is 0.195 e. The number of rotatable bonds is 19. The maximum absolute atomic E-state index is 10.9. The molecule has 8 N–H and O–H groups in total. The second kappa shape index (κ2) is 18.2. The molecule has 2 aliphatic rings. The molecule has 0 aliphatic carbocycles. The highest BCUT2D eigenvalue weighted by Crippen LogP contribution is 2.35. The first-order valence-electron chi connectivity index (χ1n) is 15.0. The van der Waals surface area contributed by atoms with E-state index < -0.39 is 74.1 Å². The van der Waals surface area contributed by atoms with Gasteiger partial charge in [-0.3, -0.25) is 0 Å². The minimum Gasteiger partial charge on any atom is -0.394 e. The highest BCUT2D eigenvalue weighted by molar-refractivity contribution is 4.98. The molecule has 10 atom stereocenters. The van der Waals surface area contributed by atoms with E-state index in [2.05, 4.69) is 6.92 Å². The van der Waals surface area contributed by atoms with E-state index in [1.165, 1.54) is 64.2 Å². The standard InChI is InChI=1S/C28H54O11/c1-2-3-4-5-6-7-8-9-10-11-12-13-14-15-16-28(36)26(35)24(34)25(20(18-30)39-28)38-27-23(33)22(32)21(31)19(17-29)37-27/h19-27,29-36H,2-18H2,1H3/t19-,20-,21+,22+,23-,24+,25-,26-,27+,28?/m1/s1. The molecule has 2 aliphatic heterocycles. The maximum atomic E-state index is 10.9. The van der Waals surface area contributed by atoms with Crippen LogP contribution in [0.15, 0.2) is 0 Å². The van der Waals surface area contributed by atoms with Crippen molar-refractivity contribution in [1.29, 1.82) is 0 Å². The molecular weight excluding hydrogens is 512 g/mol. The highest BCUT2D eigenvalue weighted by Gasteiger charge is 2.55. The maximum Gasteiger partial charge on any atom is 0.195 e. The Hall–Kier alpha value is -0.440. The molecule has 0 spiro atoms. The van der Waals surface area contributed by atoms with Gasteiger partial charge in [-0.05, 0) is 6.42 Å². The molecule has 0 saturated carbocycles. The van der Waals surface area contributed by atoms with Gasteiger partial charge in [0.05, 0.1) is 13.2 Å². The van der Waals surface area contributed by atoms with Crippen LogP contribution in [-0.2, 0) is 14.2 Å². The summed E-state index contributed by atoms with van der Waals surface area (Å²) in [5.74, 6) is -2.10. The molecule has 2 heterocycles. The van der Waals surface area contributed by atoms with Crippen molar-refractivity contribution in [2.24, 2.45) is 0 Å². The second-order valence-corrected chi connectivity index (χ2v) is 11.3.